The van der Waals surface area contributed by atoms with Gasteiger partial charge in [0.05, 0.1) is 12.3 Å². The van der Waals surface area contributed by atoms with Gasteiger partial charge in [-0.15, -0.1) is 0 Å². The van der Waals surface area contributed by atoms with Crippen LogP contribution in [0.2, 0.25) is 0 Å². The Morgan fingerprint density at radius 3 is 2.53 bits per heavy atom. The Kier molecular flexibility index (Phi) is 5.89. The number of allylic oxidation sites excluding steroid dienone is 2. The van der Waals surface area contributed by atoms with Crippen molar-refractivity contribution in [3.8, 4) is 17.2 Å². The van der Waals surface area contributed by atoms with Gasteiger partial charge in [0, 0.05) is 23.5 Å². The van der Waals surface area contributed by atoms with Gasteiger partial charge in [0.15, 0.2) is 5.78 Å². The van der Waals surface area contributed by atoms with Crippen LogP contribution in [0, 0.1) is 11.3 Å². The van der Waals surface area contributed by atoms with Crippen LogP contribution in [0.5, 0.6) is 17.2 Å². The van der Waals surface area contributed by atoms with Gasteiger partial charge in [-0.3, -0.25) is 9.59 Å². The molecule has 0 saturated heterocycles. The van der Waals surface area contributed by atoms with Crippen molar-refractivity contribution in [3.05, 3.63) is 27.8 Å². The second-order valence-corrected chi connectivity index (χ2v) is 10.8. The summed E-state index contributed by atoms with van der Waals surface area (Å²) in [7, 11) is 0. The fourth-order valence-corrected chi connectivity index (χ4v) is 5.65. The first-order chi connectivity index (χ1) is 15.0. The third-order valence-electron chi connectivity index (χ3n) is 7.69. The highest BCUT2D eigenvalue weighted by molar-refractivity contribution is 6.05. The Morgan fingerprint density at radius 1 is 1.16 bits per heavy atom. The molecule has 3 aliphatic rings. The number of carbonyl (C=O) groups excluding carboxylic acids is 2. The number of carbonyl (C=O) groups is 2. The van der Waals surface area contributed by atoms with Gasteiger partial charge < -0.3 is 14.6 Å². The van der Waals surface area contributed by atoms with E-state index < -0.39 is 0 Å². The first-order valence-electron chi connectivity index (χ1n) is 12.0. The van der Waals surface area contributed by atoms with Crippen LogP contribution in [0.15, 0.2) is 11.1 Å². The summed E-state index contributed by atoms with van der Waals surface area (Å²) in [5, 5.41) is 11.3. The average molecular weight is 441 g/mol. The van der Waals surface area contributed by atoms with Gasteiger partial charge in [0.25, 0.3) is 0 Å². The standard InChI is InChI=1S/C27H36O5/c1-7-8-18-12-20(28)32-25-19(11-17-9-10-27(5,6)13-14(17)2)26-22(24(30)21(18)25)23(29)15(3)16(4)31-26/h15-16,18,30H,7-13H2,1-6H3/t15-,16-,18?/m1/s1. The van der Waals surface area contributed by atoms with Crippen molar-refractivity contribution in [2.75, 3.05) is 0 Å². The summed E-state index contributed by atoms with van der Waals surface area (Å²) >= 11 is 0. The van der Waals surface area contributed by atoms with E-state index in [1.807, 2.05) is 13.8 Å². The van der Waals surface area contributed by atoms with Crippen molar-refractivity contribution < 1.29 is 24.2 Å². The average Bonchev–Trinajstić information content (AvgIpc) is 2.70. The molecule has 1 aliphatic carbocycles. The van der Waals surface area contributed by atoms with E-state index in [0.29, 0.717) is 23.5 Å². The Hall–Kier alpha value is -2.30. The highest BCUT2D eigenvalue weighted by Gasteiger charge is 2.42. The van der Waals surface area contributed by atoms with E-state index in [9.17, 15) is 14.7 Å². The van der Waals surface area contributed by atoms with Gasteiger partial charge in [0.2, 0.25) is 0 Å². The number of rotatable bonds is 4. The van der Waals surface area contributed by atoms with Gasteiger partial charge in [-0.05, 0) is 44.9 Å². The number of esters is 1. The summed E-state index contributed by atoms with van der Waals surface area (Å²) in [6, 6.07) is 0. The van der Waals surface area contributed by atoms with E-state index in [4.69, 9.17) is 9.47 Å². The molecule has 1 N–H and O–H groups in total. The third kappa shape index (κ3) is 3.84. The molecule has 5 heteroatoms. The topological polar surface area (TPSA) is 72.8 Å². The number of ether oxygens (including phenoxy) is 2. The maximum Gasteiger partial charge on any atom is 0.311 e. The molecule has 0 spiro atoms. The normalized spacial score (nSPS) is 26.9. The number of Topliss-reactive ketones (excluding diaryl/α,β-unsaturated/α-hetero) is 1. The summed E-state index contributed by atoms with van der Waals surface area (Å²) in [6.45, 7) is 12.5. The van der Waals surface area contributed by atoms with Crippen LogP contribution in [0.25, 0.3) is 0 Å². The van der Waals surface area contributed by atoms with E-state index in [2.05, 4.69) is 27.7 Å². The zero-order valence-electron chi connectivity index (χ0n) is 20.3. The molecular formula is C27H36O5. The summed E-state index contributed by atoms with van der Waals surface area (Å²) in [5.74, 6) is -0.0837. The van der Waals surface area contributed by atoms with Gasteiger partial charge in [-0.1, -0.05) is 45.3 Å². The lowest BCUT2D eigenvalue weighted by Crippen LogP contribution is -2.35. The minimum Gasteiger partial charge on any atom is -0.507 e. The monoisotopic (exact) mass is 440 g/mol. The maximum absolute atomic E-state index is 13.3. The Balaban J connectivity index is 1.93. The molecule has 0 bridgehead atoms. The predicted octanol–water partition coefficient (Wildman–Crippen LogP) is 6.25. The molecule has 0 fully saturated rings. The van der Waals surface area contributed by atoms with Gasteiger partial charge in [0.1, 0.15) is 28.9 Å². The zero-order chi connectivity index (χ0) is 23.4. The van der Waals surface area contributed by atoms with E-state index in [0.717, 1.165) is 37.7 Å². The number of aromatic hydroxyl groups is 1. The second kappa shape index (κ2) is 8.24. The Labute approximate surface area is 191 Å². The lowest BCUT2D eigenvalue weighted by atomic mass is 9.73. The lowest BCUT2D eigenvalue weighted by Gasteiger charge is -2.36. The van der Waals surface area contributed by atoms with Crippen molar-refractivity contribution in [1.29, 1.82) is 0 Å². The Morgan fingerprint density at radius 2 is 1.88 bits per heavy atom. The molecule has 0 radical (unpaired) electrons. The molecule has 1 unspecified atom stereocenters. The molecule has 2 heterocycles. The summed E-state index contributed by atoms with van der Waals surface area (Å²) in [5.41, 5.74) is 4.59. The minimum absolute atomic E-state index is 0.0519. The maximum atomic E-state index is 13.3. The van der Waals surface area contributed by atoms with Gasteiger partial charge in [-0.25, -0.2) is 0 Å². The molecule has 174 valence electrons. The third-order valence-corrected chi connectivity index (χ3v) is 7.69. The number of fused-ring (bicyclic) bond motifs is 2. The minimum atomic E-state index is -0.341. The van der Waals surface area contributed by atoms with E-state index in [-0.39, 0.29) is 52.8 Å². The van der Waals surface area contributed by atoms with Crippen LogP contribution in [0.4, 0.5) is 0 Å². The SMILES string of the molecule is CCCC1CC(=O)Oc2c(CC3=C(C)CC(C)(C)CC3)c3c(c(O)c21)C(=O)[C@H](C)[C@@H](C)O3. The number of hydrogen-bond acceptors (Lipinski definition) is 5. The number of benzene rings is 1. The molecule has 3 atom stereocenters. The summed E-state index contributed by atoms with van der Waals surface area (Å²) in [6.07, 6.45) is 5.21. The summed E-state index contributed by atoms with van der Waals surface area (Å²) in [4.78, 5) is 25.8. The van der Waals surface area contributed by atoms with Crippen LogP contribution in [-0.4, -0.2) is 23.0 Å². The highest BCUT2D eigenvalue weighted by Crippen LogP contribution is 2.54. The molecular weight excluding hydrogens is 404 g/mol. The number of phenolic OH excluding ortho intramolecular Hbond substituents is 1. The molecule has 4 rings (SSSR count). The van der Waals surface area contributed by atoms with Crippen LogP contribution in [0.1, 0.15) is 107 Å². The number of phenols is 1. The number of ketones is 1. The van der Waals surface area contributed by atoms with Crippen LogP contribution in [-0.2, 0) is 11.2 Å². The zero-order valence-corrected chi connectivity index (χ0v) is 20.3. The largest absolute Gasteiger partial charge is 0.507 e. The molecule has 1 aromatic rings. The molecule has 0 saturated carbocycles. The van der Waals surface area contributed by atoms with Crippen molar-refractivity contribution >= 4 is 11.8 Å². The fraction of sp³-hybridized carbons (Fsp3) is 0.630. The quantitative estimate of drug-likeness (QED) is 0.340. The lowest BCUT2D eigenvalue weighted by molar-refractivity contribution is -0.136. The second-order valence-electron chi connectivity index (χ2n) is 10.8. The van der Waals surface area contributed by atoms with Crippen molar-refractivity contribution in [3.63, 3.8) is 0 Å². The van der Waals surface area contributed by atoms with Crippen molar-refractivity contribution in [2.45, 2.75) is 98.5 Å². The first kappa shape index (κ1) is 22.9. The summed E-state index contributed by atoms with van der Waals surface area (Å²) < 4.78 is 12.0. The van der Waals surface area contributed by atoms with Crippen LogP contribution >= 0.6 is 0 Å². The molecule has 1 aromatic carbocycles. The predicted molar refractivity (Wildman–Crippen MR) is 124 cm³/mol. The molecule has 5 nitrogen and oxygen atoms in total. The van der Waals surface area contributed by atoms with Gasteiger partial charge >= 0.3 is 5.97 Å². The van der Waals surface area contributed by atoms with Crippen molar-refractivity contribution in [1.82, 2.24) is 0 Å². The van der Waals surface area contributed by atoms with Crippen LogP contribution in [0.3, 0.4) is 0 Å². The molecule has 2 aliphatic heterocycles. The molecule has 32 heavy (non-hydrogen) atoms. The Bertz CT molecular complexity index is 1000. The molecule has 0 aromatic heterocycles. The molecule has 0 amide bonds. The van der Waals surface area contributed by atoms with E-state index in [1.54, 1.807) is 0 Å². The van der Waals surface area contributed by atoms with Crippen molar-refractivity contribution in [2.24, 2.45) is 11.3 Å². The highest BCUT2D eigenvalue weighted by atomic mass is 16.5. The first-order valence-corrected chi connectivity index (χ1v) is 12.0. The smallest absolute Gasteiger partial charge is 0.311 e. The van der Waals surface area contributed by atoms with E-state index >= 15 is 0 Å². The van der Waals surface area contributed by atoms with E-state index in [1.165, 1.54) is 11.1 Å². The fourth-order valence-electron chi connectivity index (χ4n) is 5.65. The number of hydrogen-bond donors (Lipinski definition) is 1. The van der Waals surface area contributed by atoms with Crippen LogP contribution < -0.4 is 9.47 Å². The van der Waals surface area contributed by atoms with Gasteiger partial charge in [-0.2, -0.15) is 0 Å².